The highest BCUT2D eigenvalue weighted by atomic mass is 14.9. The van der Waals surface area contributed by atoms with Crippen molar-refractivity contribution in [2.24, 2.45) is 0 Å². The minimum absolute atomic E-state index is 0.638. The van der Waals surface area contributed by atoms with Crippen LogP contribution in [0, 0.1) is 6.92 Å². The van der Waals surface area contributed by atoms with E-state index in [-0.39, 0.29) is 0 Å². The number of hydrogen-bond acceptors (Lipinski definition) is 1. The number of benzene rings is 1. The van der Waals surface area contributed by atoms with Gasteiger partial charge in [-0.1, -0.05) is 18.2 Å². The van der Waals surface area contributed by atoms with Crippen LogP contribution in [0.5, 0.6) is 0 Å². The predicted octanol–water partition coefficient (Wildman–Crippen LogP) is 2.74. The van der Waals surface area contributed by atoms with Gasteiger partial charge in [0.1, 0.15) is 0 Å². The molecule has 1 aliphatic rings. The molecule has 1 aromatic rings. The molecule has 12 heavy (non-hydrogen) atoms. The van der Waals surface area contributed by atoms with Crippen molar-refractivity contribution in [3.8, 4) is 0 Å². The van der Waals surface area contributed by atoms with E-state index in [9.17, 15) is 0 Å². The molecule has 0 aliphatic carbocycles. The van der Waals surface area contributed by atoms with Crippen molar-refractivity contribution >= 4 is 5.69 Å². The molecule has 0 bridgehead atoms. The van der Waals surface area contributed by atoms with Crippen molar-refractivity contribution < 1.29 is 0 Å². The van der Waals surface area contributed by atoms with Crippen LogP contribution >= 0.6 is 0 Å². The maximum absolute atomic E-state index is 3.53. The first-order valence-electron chi connectivity index (χ1n) is 4.62. The third-order valence-corrected chi connectivity index (χ3v) is 2.60. The average molecular weight is 161 g/mol. The summed E-state index contributed by atoms with van der Waals surface area (Å²) in [4.78, 5) is 0. The second kappa shape index (κ2) is 2.81. The topological polar surface area (TPSA) is 12.0 Å². The fourth-order valence-electron chi connectivity index (χ4n) is 1.83. The maximum atomic E-state index is 3.53. The van der Waals surface area contributed by atoms with Crippen LogP contribution in [0.4, 0.5) is 5.69 Å². The molecular formula is C11H15N. The molecule has 1 aromatic carbocycles. The number of anilines is 1. The minimum atomic E-state index is 0.638. The van der Waals surface area contributed by atoms with E-state index in [0.717, 1.165) is 0 Å². The summed E-state index contributed by atoms with van der Waals surface area (Å²) in [7, 11) is 0. The maximum Gasteiger partial charge on any atom is 0.0404 e. The van der Waals surface area contributed by atoms with Gasteiger partial charge < -0.3 is 5.32 Å². The number of para-hydroxylation sites is 1. The first-order chi connectivity index (χ1) is 5.77. The summed E-state index contributed by atoms with van der Waals surface area (Å²) in [5.74, 6) is 0. The lowest BCUT2D eigenvalue weighted by Crippen LogP contribution is -2.22. The predicted molar refractivity (Wildman–Crippen MR) is 52.6 cm³/mol. The highest BCUT2D eigenvalue weighted by Crippen LogP contribution is 2.27. The van der Waals surface area contributed by atoms with Gasteiger partial charge in [0.25, 0.3) is 0 Å². The number of rotatable bonds is 0. The number of aryl methyl sites for hydroxylation is 2. The second-order valence-corrected chi connectivity index (χ2v) is 3.69. The van der Waals surface area contributed by atoms with Gasteiger partial charge in [0.15, 0.2) is 0 Å². The van der Waals surface area contributed by atoms with Crippen molar-refractivity contribution in [3.05, 3.63) is 29.3 Å². The molecule has 1 nitrogen and oxygen atoms in total. The van der Waals surface area contributed by atoms with Gasteiger partial charge in [0, 0.05) is 11.7 Å². The van der Waals surface area contributed by atoms with Gasteiger partial charge >= 0.3 is 0 Å². The average Bonchev–Trinajstić information content (AvgIpc) is 2.07. The zero-order valence-electron chi connectivity index (χ0n) is 7.72. The third kappa shape index (κ3) is 1.20. The third-order valence-electron chi connectivity index (χ3n) is 2.60. The summed E-state index contributed by atoms with van der Waals surface area (Å²) >= 11 is 0. The number of hydrogen-bond donors (Lipinski definition) is 1. The van der Waals surface area contributed by atoms with Gasteiger partial charge in [-0.05, 0) is 37.8 Å². The van der Waals surface area contributed by atoms with Crippen LogP contribution in [-0.4, -0.2) is 6.04 Å². The zero-order valence-corrected chi connectivity index (χ0v) is 7.72. The van der Waals surface area contributed by atoms with Gasteiger partial charge in [-0.15, -0.1) is 0 Å². The van der Waals surface area contributed by atoms with E-state index in [4.69, 9.17) is 0 Å². The van der Waals surface area contributed by atoms with Gasteiger partial charge in [-0.25, -0.2) is 0 Å². The molecule has 0 fully saturated rings. The molecule has 1 heterocycles. The summed E-state index contributed by atoms with van der Waals surface area (Å²) in [6.45, 7) is 4.42. The molecule has 64 valence electrons. The van der Waals surface area contributed by atoms with Gasteiger partial charge in [-0.3, -0.25) is 0 Å². The fraction of sp³-hybridized carbons (Fsp3) is 0.455. The van der Waals surface area contributed by atoms with Crippen LogP contribution in [0.15, 0.2) is 18.2 Å². The summed E-state index contributed by atoms with van der Waals surface area (Å²) in [5.41, 5.74) is 4.23. The van der Waals surface area contributed by atoms with E-state index in [1.807, 2.05) is 0 Å². The quantitative estimate of drug-likeness (QED) is 0.617. The van der Waals surface area contributed by atoms with E-state index >= 15 is 0 Å². The second-order valence-electron chi connectivity index (χ2n) is 3.69. The Hall–Kier alpha value is -0.980. The Kier molecular flexibility index (Phi) is 1.80. The number of fused-ring (bicyclic) bond motifs is 1. The van der Waals surface area contributed by atoms with Crippen LogP contribution in [0.2, 0.25) is 0 Å². The Morgan fingerprint density at radius 1 is 1.42 bits per heavy atom. The Balaban J connectivity index is 2.43. The van der Waals surface area contributed by atoms with Crippen LogP contribution in [0.25, 0.3) is 0 Å². The lowest BCUT2D eigenvalue weighted by atomic mass is 9.96. The van der Waals surface area contributed by atoms with Crippen LogP contribution in [0.1, 0.15) is 24.5 Å². The van der Waals surface area contributed by atoms with E-state index in [1.54, 1.807) is 0 Å². The van der Waals surface area contributed by atoms with Crippen LogP contribution < -0.4 is 5.32 Å². The smallest absolute Gasteiger partial charge is 0.0404 e. The Bertz CT molecular complexity index is 291. The van der Waals surface area contributed by atoms with E-state index in [0.29, 0.717) is 6.04 Å². The molecular weight excluding hydrogens is 146 g/mol. The normalized spacial score (nSPS) is 21.3. The molecule has 1 N–H and O–H groups in total. The summed E-state index contributed by atoms with van der Waals surface area (Å²) in [5, 5.41) is 3.53. The Morgan fingerprint density at radius 3 is 3.08 bits per heavy atom. The molecule has 0 spiro atoms. The van der Waals surface area contributed by atoms with Crippen LogP contribution in [0.3, 0.4) is 0 Å². The molecule has 1 atom stereocenters. The molecule has 0 saturated heterocycles. The van der Waals surface area contributed by atoms with Gasteiger partial charge in [0.2, 0.25) is 0 Å². The van der Waals surface area contributed by atoms with Crippen molar-refractivity contribution in [1.82, 2.24) is 0 Å². The first-order valence-corrected chi connectivity index (χ1v) is 4.62. The van der Waals surface area contributed by atoms with Crippen molar-refractivity contribution in [1.29, 1.82) is 0 Å². The monoisotopic (exact) mass is 161 g/mol. The van der Waals surface area contributed by atoms with E-state index < -0.39 is 0 Å². The molecule has 0 radical (unpaired) electrons. The lowest BCUT2D eigenvalue weighted by Gasteiger charge is -2.25. The largest absolute Gasteiger partial charge is 0.382 e. The molecule has 1 heteroatoms. The minimum Gasteiger partial charge on any atom is -0.382 e. The number of nitrogens with one attached hydrogen (secondary N) is 1. The molecule has 0 aromatic heterocycles. The molecule has 0 unspecified atom stereocenters. The fourth-order valence-corrected chi connectivity index (χ4v) is 1.83. The highest BCUT2D eigenvalue weighted by Gasteiger charge is 2.14. The SMILES string of the molecule is Cc1cccc2c1N[C@H](C)CC2. The summed E-state index contributed by atoms with van der Waals surface area (Å²) in [6.07, 6.45) is 2.49. The van der Waals surface area contributed by atoms with Gasteiger partial charge in [-0.2, -0.15) is 0 Å². The molecule has 0 saturated carbocycles. The summed E-state index contributed by atoms with van der Waals surface area (Å²) < 4.78 is 0. The van der Waals surface area contributed by atoms with Crippen molar-refractivity contribution in [2.45, 2.75) is 32.7 Å². The first kappa shape index (κ1) is 7.66. The molecule has 2 rings (SSSR count). The Morgan fingerprint density at radius 2 is 2.25 bits per heavy atom. The van der Waals surface area contributed by atoms with E-state index in [2.05, 4.69) is 37.4 Å². The van der Waals surface area contributed by atoms with Gasteiger partial charge in [0.05, 0.1) is 0 Å². The standard InChI is InChI=1S/C11H15N/c1-8-4-3-5-10-7-6-9(2)12-11(8)10/h3-5,9,12H,6-7H2,1-2H3/t9-/m1/s1. The zero-order chi connectivity index (χ0) is 8.55. The van der Waals surface area contributed by atoms with Crippen molar-refractivity contribution in [3.63, 3.8) is 0 Å². The summed E-state index contributed by atoms with van der Waals surface area (Å²) in [6, 6.07) is 7.18. The Labute approximate surface area is 73.8 Å². The molecule has 1 aliphatic heterocycles. The highest BCUT2D eigenvalue weighted by molar-refractivity contribution is 5.59. The molecule has 0 amide bonds. The van der Waals surface area contributed by atoms with Crippen LogP contribution in [-0.2, 0) is 6.42 Å². The van der Waals surface area contributed by atoms with E-state index in [1.165, 1.54) is 29.7 Å². The lowest BCUT2D eigenvalue weighted by molar-refractivity contribution is 0.679. The van der Waals surface area contributed by atoms with Crippen molar-refractivity contribution in [2.75, 3.05) is 5.32 Å².